The van der Waals surface area contributed by atoms with Crippen molar-refractivity contribution in [2.24, 2.45) is 0 Å². The zero-order chi connectivity index (χ0) is 19.5. The number of aryl methyl sites for hydroxylation is 2. The predicted octanol–water partition coefficient (Wildman–Crippen LogP) is 6.12. The fourth-order valence-electron chi connectivity index (χ4n) is 3.35. The van der Waals surface area contributed by atoms with E-state index in [1.54, 1.807) is 6.08 Å². The highest BCUT2D eigenvalue weighted by Crippen LogP contribution is 2.27. The first-order valence-corrected chi connectivity index (χ1v) is 9.33. The number of H-pyrrole nitrogens is 1. The lowest BCUT2D eigenvalue weighted by Gasteiger charge is -2.14. The molecule has 0 aliphatic carbocycles. The zero-order valence-electron chi connectivity index (χ0n) is 16.0. The molecule has 4 aromatic rings. The summed E-state index contributed by atoms with van der Waals surface area (Å²) in [5, 5.41) is 4.67. The Hall–Kier alpha value is -3.59. The standard InChI is InChI=1S/C25H22N2O/c1-17-13-21-14-18(2)26-23(21)15-22(17)27-24(19-9-5-3-6-10-19)16-25(28)20-11-7-4-8-12-20/h3-16,26-27H,1-2H3/b24-16+. The van der Waals surface area contributed by atoms with E-state index in [-0.39, 0.29) is 5.78 Å². The van der Waals surface area contributed by atoms with Gasteiger partial charge in [0.2, 0.25) is 0 Å². The van der Waals surface area contributed by atoms with Crippen LogP contribution in [0, 0.1) is 13.8 Å². The fraction of sp³-hybridized carbons (Fsp3) is 0.0800. The van der Waals surface area contributed by atoms with Crippen LogP contribution >= 0.6 is 0 Å². The number of carbonyl (C=O) groups excluding carboxylic acids is 1. The van der Waals surface area contributed by atoms with Gasteiger partial charge in [-0.05, 0) is 43.2 Å². The Kier molecular flexibility index (Phi) is 4.81. The monoisotopic (exact) mass is 366 g/mol. The second kappa shape index (κ2) is 7.57. The van der Waals surface area contributed by atoms with Crippen LogP contribution in [0.25, 0.3) is 16.6 Å². The predicted molar refractivity (Wildman–Crippen MR) is 117 cm³/mol. The molecule has 0 atom stereocenters. The quantitative estimate of drug-likeness (QED) is 0.330. The third-order valence-electron chi connectivity index (χ3n) is 4.79. The lowest BCUT2D eigenvalue weighted by molar-refractivity contribution is 0.104. The number of allylic oxidation sites excluding steroid dienone is 1. The second-order valence-electron chi connectivity index (χ2n) is 6.99. The first-order chi connectivity index (χ1) is 13.6. The van der Waals surface area contributed by atoms with Crippen LogP contribution in [0.15, 0.2) is 84.9 Å². The molecule has 1 aromatic heterocycles. The van der Waals surface area contributed by atoms with Crippen LogP contribution in [0.4, 0.5) is 5.69 Å². The highest BCUT2D eigenvalue weighted by Gasteiger charge is 2.10. The summed E-state index contributed by atoms with van der Waals surface area (Å²) in [4.78, 5) is 16.2. The summed E-state index contributed by atoms with van der Waals surface area (Å²) in [5.74, 6) is -0.0265. The SMILES string of the molecule is Cc1cc2cc(C)c(N/C(=C/C(=O)c3ccccc3)c3ccccc3)cc2[nH]1. The molecule has 4 rings (SSSR count). The van der Waals surface area contributed by atoms with Crippen LogP contribution in [-0.4, -0.2) is 10.8 Å². The number of benzene rings is 3. The van der Waals surface area contributed by atoms with E-state index in [1.165, 1.54) is 5.39 Å². The number of ketones is 1. The lowest BCUT2D eigenvalue weighted by Crippen LogP contribution is -2.04. The first-order valence-electron chi connectivity index (χ1n) is 9.33. The minimum Gasteiger partial charge on any atom is -0.359 e. The van der Waals surface area contributed by atoms with E-state index >= 15 is 0 Å². The lowest BCUT2D eigenvalue weighted by atomic mass is 10.1. The average Bonchev–Trinajstić information content (AvgIpc) is 3.07. The Morgan fingerprint density at radius 2 is 1.50 bits per heavy atom. The van der Waals surface area contributed by atoms with Crippen LogP contribution in [0.5, 0.6) is 0 Å². The fourth-order valence-corrected chi connectivity index (χ4v) is 3.35. The highest BCUT2D eigenvalue weighted by atomic mass is 16.1. The molecule has 0 aliphatic rings. The zero-order valence-corrected chi connectivity index (χ0v) is 16.0. The van der Waals surface area contributed by atoms with Gasteiger partial charge in [-0.25, -0.2) is 0 Å². The molecule has 0 amide bonds. The van der Waals surface area contributed by atoms with E-state index < -0.39 is 0 Å². The molecule has 138 valence electrons. The average molecular weight is 366 g/mol. The number of hydrogen-bond donors (Lipinski definition) is 2. The summed E-state index contributed by atoms with van der Waals surface area (Å²) in [6.45, 7) is 4.13. The highest BCUT2D eigenvalue weighted by molar-refractivity contribution is 6.09. The van der Waals surface area contributed by atoms with Crippen molar-refractivity contribution in [3.05, 3.63) is 107 Å². The van der Waals surface area contributed by atoms with Gasteiger partial charge in [-0.1, -0.05) is 60.7 Å². The van der Waals surface area contributed by atoms with Crippen molar-refractivity contribution >= 4 is 28.1 Å². The third-order valence-corrected chi connectivity index (χ3v) is 4.79. The van der Waals surface area contributed by atoms with Crippen molar-refractivity contribution < 1.29 is 4.79 Å². The van der Waals surface area contributed by atoms with Crippen molar-refractivity contribution in [2.45, 2.75) is 13.8 Å². The first kappa shape index (κ1) is 17.8. The molecule has 0 saturated carbocycles. The number of aromatic nitrogens is 1. The van der Waals surface area contributed by atoms with E-state index in [0.717, 1.165) is 33.7 Å². The Morgan fingerprint density at radius 1 is 0.857 bits per heavy atom. The maximum absolute atomic E-state index is 12.8. The van der Waals surface area contributed by atoms with Crippen LogP contribution in [-0.2, 0) is 0 Å². The van der Waals surface area contributed by atoms with Gasteiger partial charge in [-0.15, -0.1) is 0 Å². The van der Waals surface area contributed by atoms with E-state index in [9.17, 15) is 4.79 Å². The van der Waals surface area contributed by atoms with Gasteiger partial charge in [0.15, 0.2) is 5.78 Å². The molecule has 3 aromatic carbocycles. The van der Waals surface area contributed by atoms with E-state index in [4.69, 9.17) is 0 Å². The number of aromatic amines is 1. The molecular formula is C25H22N2O. The number of anilines is 1. The molecule has 2 N–H and O–H groups in total. The van der Waals surface area contributed by atoms with E-state index in [2.05, 4.69) is 42.3 Å². The Labute approximate surface area is 164 Å². The summed E-state index contributed by atoms with van der Waals surface area (Å²) < 4.78 is 0. The Bertz CT molecular complexity index is 1160. The van der Waals surface area contributed by atoms with Gasteiger partial charge >= 0.3 is 0 Å². The molecule has 3 nitrogen and oxygen atoms in total. The summed E-state index contributed by atoms with van der Waals surface area (Å²) in [6, 6.07) is 25.7. The van der Waals surface area contributed by atoms with E-state index in [0.29, 0.717) is 5.56 Å². The summed E-state index contributed by atoms with van der Waals surface area (Å²) in [6.07, 6.45) is 1.67. The smallest absolute Gasteiger partial charge is 0.187 e. The number of hydrogen-bond acceptors (Lipinski definition) is 2. The molecule has 0 unspecified atom stereocenters. The van der Waals surface area contributed by atoms with Gasteiger partial charge in [-0.3, -0.25) is 4.79 Å². The Balaban J connectivity index is 1.75. The summed E-state index contributed by atoms with van der Waals surface area (Å²) in [7, 11) is 0. The maximum Gasteiger partial charge on any atom is 0.187 e. The van der Waals surface area contributed by atoms with Crippen LogP contribution < -0.4 is 5.32 Å². The van der Waals surface area contributed by atoms with Crippen molar-refractivity contribution in [3.8, 4) is 0 Å². The largest absolute Gasteiger partial charge is 0.359 e. The third kappa shape index (κ3) is 3.74. The minimum atomic E-state index is -0.0265. The molecule has 0 radical (unpaired) electrons. The van der Waals surface area contributed by atoms with Gasteiger partial charge in [0.05, 0.1) is 0 Å². The number of fused-ring (bicyclic) bond motifs is 1. The molecule has 0 saturated heterocycles. The molecule has 28 heavy (non-hydrogen) atoms. The molecule has 3 heteroatoms. The molecular weight excluding hydrogens is 344 g/mol. The van der Waals surface area contributed by atoms with Crippen LogP contribution in [0.2, 0.25) is 0 Å². The van der Waals surface area contributed by atoms with Gasteiger partial charge in [0.25, 0.3) is 0 Å². The minimum absolute atomic E-state index is 0.0265. The summed E-state index contributed by atoms with van der Waals surface area (Å²) in [5.41, 5.74) is 6.72. The van der Waals surface area contributed by atoms with Crippen molar-refractivity contribution in [1.29, 1.82) is 0 Å². The number of nitrogens with one attached hydrogen (secondary N) is 2. The second-order valence-corrected chi connectivity index (χ2v) is 6.99. The maximum atomic E-state index is 12.8. The molecule has 0 spiro atoms. The molecule has 1 heterocycles. The number of carbonyl (C=O) groups is 1. The van der Waals surface area contributed by atoms with Crippen LogP contribution in [0.1, 0.15) is 27.2 Å². The molecule has 0 aliphatic heterocycles. The van der Waals surface area contributed by atoms with Crippen molar-refractivity contribution in [1.82, 2.24) is 4.98 Å². The number of rotatable bonds is 5. The van der Waals surface area contributed by atoms with Crippen LogP contribution in [0.3, 0.4) is 0 Å². The van der Waals surface area contributed by atoms with Crippen molar-refractivity contribution in [3.63, 3.8) is 0 Å². The topological polar surface area (TPSA) is 44.9 Å². The van der Waals surface area contributed by atoms with Crippen molar-refractivity contribution in [2.75, 3.05) is 5.32 Å². The van der Waals surface area contributed by atoms with E-state index in [1.807, 2.05) is 60.7 Å². The molecule has 0 bridgehead atoms. The molecule has 0 fully saturated rings. The van der Waals surface area contributed by atoms with Gasteiger partial charge in [0.1, 0.15) is 0 Å². The normalized spacial score (nSPS) is 11.6. The van der Waals surface area contributed by atoms with Gasteiger partial charge in [-0.2, -0.15) is 0 Å². The van der Waals surface area contributed by atoms with Gasteiger partial charge in [0, 0.05) is 39.6 Å². The van der Waals surface area contributed by atoms with Gasteiger partial charge < -0.3 is 10.3 Å². The Morgan fingerprint density at radius 3 is 2.18 bits per heavy atom. The summed E-state index contributed by atoms with van der Waals surface area (Å²) >= 11 is 0.